The molecule has 0 spiro atoms. The van der Waals surface area contributed by atoms with Crippen molar-refractivity contribution in [3.63, 3.8) is 0 Å². The molecule has 0 aliphatic heterocycles. The van der Waals surface area contributed by atoms with Crippen LogP contribution in [0.5, 0.6) is 0 Å². The van der Waals surface area contributed by atoms with Crippen LogP contribution < -0.4 is 10.6 Å². The van der Waals surface area contributed by atoms with Crippen molar-refractivity contribution >= 4 is 30.5 Å². The van der Waals surface area contributed by atoms with Crippen LogP contribution >= 0.6 is 7.26 Å². The first-order valence-electron chi connectivity index (χ1n) is 11.4. The molecular weight excluding hydrogens is 511 g/mol. The number of nitrogens with one attached hydrogen (secondary N) is 2. The zero-order valence-electron chi connectivity index (χ0n) is 21.0. The van der Waals surface area contributed by atoms with Crippen LogP contribution in [0.2, 0.25) is 0 Å². The molecule has 0 fully saturated rings. The Morgan fingerprint density at radius 1 is 0.879 bits per heavy atom. The van der Waals surface area contributed by atoms with Gasteiger partial charge in [-0.25, -0.2) is 4.39 Å². The van der Waals surface area contributed by atoms with Gasteiger partial charge in [0.05, 0.1) is 12.3 Å². The minimum Gasteiger partial charge on any atom is -0.322 e. The van der Waals surface area contributed by atoms with E-state index in [1.54, 1.807) is 13.8 Å². The van der Waals surface area contributed by atoms with E-state index in [-0.39, 0.29) is 56.0 Å². The summed E-state index contributed by atoms with van der Waals surface area (Å²) >= 11 is 0. The molecular formula is C26H37FN2O2PY+. The van der Waals surface area contributed by atoms with Crippen molar-refractivity contribution in [1.82, 2.24) is 0 Å². The Bertz CT molecular complexity index is 949. The number of rotatable bonds is 9. The third-order valence-corrected chi connectivity index (χ3v) is 11.9. The number of para-hydroxylation sites is 1. The fourth-order valence-electron chi connectivity index (χ4n) is 4.61. The van der Waals surface area contributed by atoms with Gasteiger partial charge in [-0.15, -0.1) is 0 Å². The number of amides is 2. The van der Waals surface area contributed by atoms with Crippen molar-refractivity contribution in [3.05, 3.63) is 58.4 Å². The van der Waals surface area contributed by atoms with Crippen LogP contribution in [0.1, 0.15) is 49.4 Å². The van der Waals surface area contributed by atoms with Gasteiger partial charge in [0.15, 0.2) is 0 Å². The molecule has 0 heterocycles. The molecule has 0 aliphatic rings. The molecule has 1 atom stereocenters. The van der Waals surface area contributed by atoms with Gasteiger partial charge in [-0.3, -0.25) is 9.59 Å². The van der Waals surface area contributed by atoms with Crippen LogP contribution in [-0.2, 0) is 42.3 Å². The fourth-order valence-corrected chi connectivity index (χ4v) is 8.59. The fraction of sp³-hybridized carbons (Fsp3) is 0.462. The van der Waals surface area contributed by atoms with Crippen LogP contribution in [0.15, 0.2) is 30.3 Å². The van der Waals surface area contributed by atoms with E-state index >= 15 is 0 Å². The quantitative estimate of drug-likeness (QED) is 0.353. The van der Waals surface area contributed by atoms with Crippen molar-refractivity contribution < 1.29 is 46.7 Å². The smallest absolute Gasteiger partial charge is 0.265 e. The van der Waals surface area contributed by atoms with E-state index in [4.69, 9.17) is 0 Å². The maximum atomic E-state index is 13.7. The third kappa shape index (κ3) is 7.17. The maximum absolute atomic E-state index is 13.7. The number of hydrogen-bond donors (Lipinski definition) is 2. The van der Waals surface area contributed by atoms with Crippen LogP contribution in [0.4, 0.5) is 15.8 Å². The number of hydrogen-bond acceptors (Lipinski definition) is 2. The maximum Gasteiger partial charge on any atom is 0.265 e. The van der Waals surface area contributed by atoms with Crippen molar-refractivity contribution in [1.29, 1.82) is 0 Å². The molecule has 4 nitrogen and oxygen atoms in total. The average molecular weight is 548 g/mol. The molecule has 0 saturated heterocycles. The van der Waals surface area contributed by atoms with Crippen molar-refractivity contribution in [2.24, 2.45) is 0 Å². The second-order valence-electron chi connectivity index (χ2n) is 8.65. The molecule has 33 heavy (non-hydrogen) atoms. The Labute approximate surface area is 224 Å². The summed E-state index contributed by atoms with van der Waals surface area (Å²) in [5.74, 6) is -0.404. The molecule has 2 N–H and O–H groups in total. The van der Waals surface area contributed by atoms with Gasteiger partial charge < -0.3 is 10.6 Å². The van der Waals surface area contributed by atoms with E-state index in [2.05, 4.69) is 24.5 Å². The van der Waals surface area contributed by atoms with E-state index in [1.807, 2.05) is 39.0 Å². The predicted octanol–water partition coefficient (Wildman–Crippen LogP) is 6.47. The Balaban J connectivity index is 0.00000544. The summed E-state index contributed by atoms with van der Waals surface area (Å²) in [6.45, 7) is 13.8. The van der Waals surface area contributed by atoms with E-state index < -0.39 is 7.26 Å². The molecule has 2 aromatic rings. The van der Waals surface area contributed by atoms with Crippen LogP contribution in [0, 0.1) is 33.5 Å². The molecule has 1 unspecified atom stereocenters. The molecule has 0 saturated carbocycles. The number of benzene rings is 2. The number of halogens is 1. The zero-order chi connectivity index (χ0) is 24.1. The number of aryl methyl sites for hydroxylation is 4. The second-order valence-corrected chi connectivity index (χ2v) is 13.3. The topological polar surface area (TPSA) is 58.2 Å². The van der Waals surface area contributed by atoms with Crippen LogP contribution in [-0.4, -0.2) is 36.0 Å². The summed E-state index contributed by atoms with van der Waals surface area (Å²) in [5, 5.41) is 6.17. The number of anilines is 2. The summed E-state index contributed by atoms with van der Waals surface area (Å²) in [5.41, 5.74) is 4.76. The summed E-state index contributed by atoms with van der Waals surface area (Å²) in [6.07, 6.45) is 2.67. The van der Waals surface area contributed by atoms with Crippen LogP contribution in [0.3, 0.4) is 0 Å². The summed E-state index contributed by atoms with van der Waals surface area (Å²) in [6, 6.07) is 8.82. The van der Waals surface area contributed by atoms with Gasteiger partial charge in [0.2, 0.25) is 0 Å². The molecule has 177 valence electrons. The van der Waals surface area contributed by atoms with Crippen molar-refractivity contribution in [2.75, 3.05) is 29.1 Å². The van der Waals surface area contributed by atoms with E-state index in [0.29, 0.717) is 29.4 Å². The Morgan fingerprint density at radius 3 is 1.82 bits per heavy atom. The first-order valence-corrected chi connectivity index (χ1v) is 13.8. The zero-order valence-corrected chi connectivity index (χ0v) is 24.7. The van der Waals surface area contributed by atoms with Gasteiger partial charge in [0.25, 0.3) is 11.8 Å². The van der Waals surface area contributed by atoms with Gasteiger partial charge in [-0.1, -0.05) is 25.1 Å². The van der Waals surface area contributed by atoms with Crippen molar-refractivity contribution in [2.45, 2.75) is 60.5 Å². The number of carbonyl (C=O) groups excluding carboxylic acids is 2. The molecule has 2 amide bonds. The minimum atomic E-state index is -1.92. The second kappa shape index (κ2) is 13.1. The monoisotopic (exact) mass is 548 g/mol. The normalized spacial score (nSPS) is 12.0. The van der Waals surface area contributed by atoms with Crippen LogP contribution in [0.25, 0.3) is 0 Å². The van der Waals surface area contributed by atoms with E-state index in [1.165, 1.54) is 12.1 Å². The summed E-state index contributed by atoms with van der Waals surface area (Å²) in [4.78, 5) is 26.6. The standard InChI is InChI=1S/C26H36FN2O2P.Y/c1-8-22(26(31)29-25-19(6)14-21(27)15-20(25)7)32(9-2,10-3)16-23(30)28-24-17(4)12-11-13-18(24)5;/h11-15,22H,8-10,16H2,1-7H3,(H-,28,29,30,31);/p+1. The molecule has 2 aromatic carbocycles. The molecule has 0 bridgehead atoms. The Kier molecular flexibility index (Phi) is 11.8. The summed E-state index contributed by atoms with van der Waals surface area (Å²) in [7, 11) is -1.92. The van der Waals surface area contributed by atoms with Gasteiger partial charge in [-0.2, -0.15) is 0 Å². The largest absolute Gasteiger partial charge is 0.322 e. The van der Waals surface area contributed by atoms with E-state index in [9.17, 15) is 14.0 Å². The van der Waals surface area contributed by atoms with Gasteiger partial charge >= 0.3 is 0 Å². The summed E-state index contributed by atoms with van der Waals surface area (Å²) < 4.78 is 13.7. The van der Waals surface area contributed by atoms with E-state index in [0.717, 1.165) is 29.1 Å². The molecule has 7 heteroatoms. The average Bonchev–Trinajstić information content (AvgIpc) is 2.73. The first kappa shape index (κ1) is 29.9. The molecule has 1 radical (unpaired) electrons. The third-order valence-electron chi connectivity index (χ3n) is 6.56. The molecule has 2 rings (SSSR count). The molecule has 0 aromatic heterocycles. The molecule has 0 aliphatic carbocycles. The Morgan fingerprint density at radius 2 is 1.36 bits per heavy atom. The van der Waals surface area contributed by atoms with Gasteiger partial charge in [0, 0.05) is 51.3 Å². The van der Waals surface area contributed by atoms with Gasteiger partial charge in [-0.05, 0) is 82.3 Å². The van der Waals surface area contributed by atoms with Crippen molar-refractivity contribution in [3.8, 4) is 0 Å². The number of carbonyl (C=O) groups is 2. The Hall–Kier alpha value is -1.16. The SMILES string of the molecule is CCC(C(=O)Nc1c(C)cc(F)cc1C)[P+](CC)(CC)CC(=O)Nc1c(C)cccc1C.[Y]. The minimum absolute atomic E-state index is 0. The van der Waals surface area contributed by atoms with Gasteiger partial charge in [0.1, 0.15) is 17.6 Å². The predicted molar refractivity (Wildman–Crippen MR) is 136 cm³/mol. The first-order chi connectivity index (χ1) is 15.1.